The summed E-state index contributed by atoms with van der Waals surface area (Å²) in [4.78, 5) is 4.28. The van der Waals surface area contributed by atoms with Gasteiger partial charge in [-0.05, 0) is 18.3 Å². The molecule has 2 rings (SSSR count). The molecule has 1 saturated carbocycles. The number of aliphatic hydroxyl groups is 1. The van der Waals surface area contributed by atoms with E-state index in [2.05, 4.69) is 23.9 Å². The first-order valence-corrected chi connectivity index (χ1v) is 7.20. The fraction of sp³-hybridized carbons (Fsp3) is 0.857. The van der Waals surface area contributed by atoms with E-state index in [1.54, 1.807) is 6.33 Å². The Morgan fingerprint density at radius 2 is 2.11 bits per heavy atom. The van der Waals surface area contributed by atoms with Gasteiger partial charge in [0.2, 0.25) is 0 Å². The Balaban J connectivity index is 1.85. The molecule has 18 heavy (non-hydrogen) atoms. The van der Waals surface area contributed by atoms with Crippen molar-refractivity contribution < 1.29 is 5.11 Å². The van der Waals surface area contributed by atoms with E-state index in [9.17, 15) is 5.11 Å². The van der Waals surface area contributed by atoms with Crippen LogP contribution in [-0.2, 0) is 13.0 Å². The zero-order valence-corrected chi connectivity index (χ0v) is 11.5. The summed E-state index contributed by atoms with van der Waals surface area (Å²) in [5, 5.41) is 14.4. The van der Waals surface area contributed by atoms with Crippen LogP contribution in [0.3, 0.4) is 0 Å². The topological polar surface area (TPSA) is 50.9 Å². The molecule has 0 amide bonds. The number of hydrogen-bond donors (Lipinski definition) is 1. The van der Waals surface area contributed by atoms with E-state index in [0.29, 0.717) is 12.3 Å². The van der Waals surface area contributed by atoms with Crippen molar-refractivity contribution in [2.75, 3.05) is 0 Å². The number of aliphatic hydroxyl groups excluding tert-OH is 1. The van der Waals surface area contributed by atoms with Crippen molar-refractivity contribution in [2.45, 2.75) is 65.0 Å². The highest BCUT2D eigenvalue weighted by atomic mass is 16.3. The number of aromatic nitrogens is 3. The van der Waals surface area contributed by atoms with E-state index in [1.165, 1.54) is 25.7 Å². The van der Waals surface area contributed by atoms with Crippen LogP contribution in [0.5, 0.6) is 0 Å². The molecular weight excluding hydrogens is 226 g/mol. The minimum atomic E-state index is -0.261. The van der Waals surface area contributed by atoms with Crippen LogP contribution in [-0.4, -0.2) is 26.0 Å². The van der Waals surface area contributed by atoms with Gasteiger partial charge in [0.1, 0.15) is 12.2 Å². The molecule has 0 saturated heterocycles. The van der Waals surface area contributed by atoms with Crippen LogP contribution in [0.2, 0.25) is 0 Å². The van der Waals surface area contributed by atoms with Gasteiger partial charge in [0, 0.05) is 13.0 Å². The zero-order chi connectivity index (χ0) is 13.0. The van der Waals surface area contributed by atoms with Crippen molar-refractivity contribution in [1.29, 1.82) is 0 Å². The molecule has 102 valence electrons. The van der Waals surface area contributed by atoms with E-state index in [1.807, 2.05) is 4.68 Å². The lowest BCUT2D eigenvalue weighted by atomic mass is 9.98. The number of nitrogens with zero attached hydrogens (tertiary/aromatic N) is 3. The van der Waals surface area contributed by atoms with Crippen LogP contribution >= 0.6 is 0 Å². The minimum absolute atomic E-state index is 0.261. The van der Waals surface area contributed by atoms with E-state index in [0.717, 1.165) is 24.7 Å². The monoisotopic (exact) mass is 251 g/mol. The minimum Gasteiger partial charge on any atom is -0.393 e. The molecule has 0 aliphatic heterocycles. The van der Waals surface area contributed by atoms with Crippen molar-refractivity contribution >= 4 is 0 Å². The molecule has 0 spiro atoms. The number of rotatable bonds is 6. The van der Waals surface area contributed by atoms with Crippen LogP contribution in [0.25, 0.3) is 0 Å². The predicted octanol–water partition coefficient (Wildman–Crippen LogP) is 2.42. The third kappa shape index (κ3) is 3.80. The fourth-order valence-electron chi connectivity index (χ4n) is 2.87. The predicted molar refractivity (Wildman–Crippen MR) is 71.1 cm³/mol. The normalized spacial score (nSPS) is 18.7. The van der Waals surface area contributed by atoms with Crippen LogP contribution in [0, 0.1) is 11.8 Å². The lowest BCUT2D eigenvalue weighted by Gasteiger charge is -2.15. The third-order valence-corrected chi connectivity index (χ3v) is 3.73. The van der Waals surface area contributed by atoms with Gasteiger partial charge in [-0.3, -0.25) is 0 Å². The molecule has 0 bridgehead atoms. The van der Waals surface area contributed by atoms with Crippen LogP contribution < -0.4 is 0 Å². The molecule has 4 nitrogen and oxygen atoms in total. The second-order valence-corrected chi connectivity index (χ2v) is 6.00. The summed E-state index contributed by atoms with van der Waals surface area (Å²) in [6, 6.07) is 0. The summed E-state index contributed by atoms with van der Waals surface area (Å²) in [6.45, 7) is 5.21. The average molecular weight is 251 g/mol. The molecule has 0 aromatic carbocycles. The summed E-state index contributed by atoms with van der Waals surface area (Å²) < 4.78 is 1.93. The molecule has 1 aliphatic rings. The standard InChI is InChI=1S/C14H25N3O/c1-11(2)9-17-14(15-10-16-17)8-13(18)7-12-5-3-4-6-12/h10-13,18H,3-9H2,1-2H3. The van der Waals surface area contributed by atoms with Gasteiger partial charge in [-0.2, -0.15) is 5.10 Å². The molecule has 1 unspecified atom stereocenters. The first kappa shape index (κ1) is 13.5. The van der Waals surface area contributed by atoms with Crippen molar-refractivity contribution in [1.82, 2.24) is 14.8 Å². The molecule has 4 heteroatoms. The Morgan fingerprint density at radius 3 is 2.78 bits per heavy atom. The molecule has 1 heterocycles. The Labute approximate surface area is 109 Å². The lowest BCUT2D eigenvalue weighted by Crippen LogP contribution is -2.19. The van der Waals surface area contributed by atoms with Crippen LogP contribution in [0.4, 0.5) is 0 Å². The average Bonchev–Trinajstić information content (AvgIpc) is 2.91. The van der Waals surface area contributed by atoms with Crippen molar-refractivity contribution in [2.24, 2.45) is 11.8 Å². The molecule has 1 aromatic heterocycles. The highest BCUT2D eigenvalue weighted by molar-refractivity contribution is 4.88. The van der Waals surface area contributed by atoms with Crippen molar-refractivity contribution in [3.8, 4) is 0 Å². The van der Waals surface area contributed by atoms with Gasteiger partial charge in [0.25, 0.3) is 0 Å². The molecule has 1 N–H and O–H groups in total. The molecule has 1 aliphatic carbocycles. The molecule has 1 fully saturated rings. The first-order valence-electron chi connectivity index (χ1n) is 7.20. The summed E-state index contributed by atoms with van der Waals surface area (Å²) in [5.41, 5.74) is 0. The third-order valence-electron chi connectivity index (χ3n) is 3.73. The summed E-state index contributed by atoms with van der Waals surface area (Å²) in [5.74, 6) is 2.20. The van der Waals surface area contributed by atoms with Gasteiger partial charge in [0.05, 0.1) is 6.10 Å². The van der Waals surface area contributed by atoms with Crippen molar-refractivity contribution in [3.63, 3.8) is 0 Å². The lowest BCUT2D eigenvalue weighted by molar-refractivity contribution is 0.139. The maximum Gasteiger partial charge on any atom is 0.138 e. The quantitative estimate of drug-likeness (QED) is 0.844. The molecule has 1 aromatic rings. The molecular formula is C14H25N3O. The second kappa shape index (κ2) is 6.32. The van der Waals surface area contributed by atoms with E-state index in [-0.39, 0.29) is 6.10 Å². The Kier molecular flexibility index (Phi) is 4.75. The van der Waals surface area contributed by atoms with Crippen molar-refractivity contribution in [3.05, 3.63) is 12.2 Å². The summed E-state index contributed by atoms with van der Waals surface area (Å²) in [7, 11) is 0. The Bertz CT molecular complexity index is 356. The van der Waals surface area contributed by atoms with E-state index < -0.39 is 0 Å². The van der Waals surface area contributed by atoms with Gasteiger partial charge in [-0.1, -0.05) is 39.5 Å². The highest BCUT2D eigenvalue weighted by Gasteiger charge is 2.20. The number of hydrogen-bond acceptors (Lipinski definition) is 3. The second-order valence-electron chi connectivity index (χ2n) is 6.00. The van der Waals surface area contributed by atoms with Gasteiger partial charge >= 0.3 is 0 Å². The van der Waals surface area contributed by atoms with Crippen LogP contribution in [0.1, 0.15) is 51.8 Å². The molecule has 0 radical (unpaired) electrons. The maximum atomic E-state index is 10.2. The fourth-order valence-corrected chi connectivity index (χ4v) is 2.87. The van der Waals surface area contributed by atoms with Crippen LogP contribution in [0.15, 0.2) is 6.33 Å². The SMILES string of the molecule is CC(C)Cn1ncnc1CC(O)CC1CCCC1. The maximum absolute atomic E-state index is 10.2. The summed E-state index contributed by atoms with van der Waals surface area (Å²) >= 11 is 0. The van der Waals surface area contributed by atoms with E-state index in [4.69, 9.17) is 0 Å². The Hall–Kier alpha value is -0.900. The van der Waals surface area contributed by atoms with E-state index >= 15 is 0 Å². The summed E-state index contributed by atoms with van der Waals surface area (Å²) in [6.07, 6.45) is 8.15. The largest absolute Gasteiger partial charge is 0.393 e. The van der Waals surface area contributed by atoms with Gasteiger partial charge in [0.15, 0.2) is 0 Å². The van der Waals surface area contributed by atoms with Gasteiger partial charge in [-0.25, -0.2) is 9.67 Å². The molecule has 1 atom stereocenters. The van der Waals surface area contributed by atoms with Gasteiger partial charge < -0.3 is 5.11 Å². The Morgan fingerprint density at radius 1 is 1.39 bits per heavy atom. The zero-order valence-electron chi connectivity index (χ0n) is 11.5. The first-order chi connectivity index (χ1) is 8.65. The smallest absolute Gasteiger partial charge is 0.138 e. The van der Waals surface area contributed by atoms with Gasteiger partial charge in [-0.15, -0.1) is 0 Å². The highest BCUT2D eigenvalue weighted by Crippen LogP contribution is 2.29.